The number of rotatable bonds is 8. The Kier molecular flexibility index (Phi) is 6.69. The summed E-state index contributed by atoms with van der Waals surface area (Å²) in [5.74, 6) is 5.63. The van der Waals surface area contributed by atoms with Gasteiger partial charge in [-0.15, -0.1) is 11.3 Å². The average molecular weight is 240 g/mol. The molecule has 0 aliphatic rings. The van der Waals surface area contributed by atoms with Crippen LogP contribution >= 0.6 is 11.3 Å². The first-order valence-electron chi connectivity index (χ1n) is 6.29. The van der Waals surface area contributed by atoms with Crippen LogP contribution in [0.3, 0.4) is 0 Å². The Labute approximate surface area is 103 Å². The second-order valence-electron chi connectivity index (χ2n) is 4.35. The molecule has 3 heteroatoms. The summed E-state index contributed by atoms with van der Waals surface area (Å²) >= 11 is 1.80. The molecular formula is C13H24N2S. The molecule has 0 saturated carbocycles. The van der Waals surface area contributed by atoms with E-state index in [2.05, 4.69) is 30.7 Å². The predicted molar refractivity (Wildman–Crippen MR) is 72.5 cm³/mol. The molecule has 92 valence electrons. The number of aryl methyl sites for hydroxylation is 1. The van der Waals surface area contributed by atoms with Crippen molar-refractivity contribution in [3.8, 4) is 0 Å². The quantitative estimate of drug-likeness (QED) is 0.410. The first-order valence-corrected chi connectivity index (χ1v) is 7.17. The molecule has 1 unspecified atom stereocenters. The summed E-state index contributed by atoms with van der Waals surface area (Å²) in [4.78, 5) is 1.39. The lowest BCUT2D eigenvalue weighted by atomic mass is 10.0. The van der Waals surface area contributed by atoms with Crippen molar-refractivity contribution in [2.24, 2.45) is 5.84 Å². The van der Waals surface area contributed by atoms with Crippen LogP contribution in [0, 0.1) is 6.92 Å². The van der Waals surface area contributed by atoms with Gasteiger partial charge in [0.15, 0.2) is 0 Å². The fraction of sp³-hybridized carbons (Fsp3) is 0.692. The zero-order chi connectivity index (χ0) is 11.8. The number of nitrogens with two attached hydrogens (primary N) is 1. The van der Waals surface area contributed by atoms with Gasteiger partial charge in [-0.05, 0) is 30.4 Å². The maximum Gasteiger partial charge on any atom is 0.0470 e. The van der Waals surface area contributed by atoms with E-state index in [0.717, 1.165) is 6.42 Å². The fourth-order valence-electron chi connectivity index (χ4n) is 2.04. The van der Waals surface area contributed by atoms with Gasteiger partial charge in [0.2, 0.25) is 0 Å². The lowest BCUT2D eigenvalue weighted by Gasteiger charge is -2.15. The third-order valence-corrected chi connectivity index (χ3v) is 3.93. The van der Waals surface area contributed by atoms with E-state index in [0.29, 0.717) is 6.04 Å². The van der Waals surface area contributed by atoms with Gasteiger partial charge in [-0.25, -0.2) is 0 Å². The van der Waals surface area contributed by atoms with Crippen LogP contribution in [0.5, 0.6) is 0 Å². The molecule has 1 heterocycles. The monoisotopic (exact) mass is 240 g/mol. The molecule has 0 aliphatic carbocycles. The molecule has 0 fully saturated rings. The van der Waals surface area contributed by atoms with Gasteiger partial charge in [0.05, 0.1) is 0 Å². The summed E-state index contributed by atoms with van der Waals surface area (Å²) in [6.07, 6.45) is 7.77. The number of nitrogens with one attached hydrogen (secondary N) is 1. The molecule has 0 amide bonds. The van der Waals surface area contributed by atoms with Gasteiger partial charge in [-0.1, -0.05) is 39.0 Å². The van der Waals surface area contributed by atoms with Gasteiger partial charge >= 0.3 is 0 Å². The van der Waals surface area contributed by atoms with Crippen LogP contribution in [0.15, 0.2) is 11.4 Å². The molecule has 0 spiro atoms. The van der Waals surface area contributed by atoms with Crippen LogP contribution in [0.4, 0.5) is 0 Å². The molecule has 1 atom stereocenters. The Morgan fingerprint density at radius 2 is 2.06 bits per heavy atom. The minimum absolute atomic E-state index is 0.341. The molecule has 0 saturated heterocycles. The first kappa shape index (κ1) is 13.7. The van der Waals surface area contributed by atoms with Gasteiger partial charge < -0.3 is 0 Å². The van der Waals surface area contributed by atoms with Crippen LogP contribution in [0.2, 0.25) is 0 Å². The van der Waals surface area contributed by atoms with Gasteiger partial charge in [0, 0.05) is 10.9 Å². The molecule has 0 radical (unpaired) electrons. The summed E-state index contributed by atoms with van der Waals surface area (Å²) < 4.78 is 0. The van der Waals surface area contributed by atoms with Crippen molar-refractivity contribution >= 4 is 11.3 Å². The van der Waals surface area contributed by atoms with Crippen molar-refractivity contribution < 1.29 is 0 Å². The summed E-state index contributed by atoms with van der Waals surface area (Å²) in [5, 5.41) is 2.14. The smallest absolute Gasteiger partial charge is 0.0470 e. The van der Waals surface area contributed by atoms with Crippen molar-refractivity contribution in [3.05, 3.63) is 21.9 Å². The second-order valence-corrected chi connectivity index (χ2v) is 5.47. The topological polar surface area (TPSA) is 38.0 Å². The lowest BCUT2D eigenvalue weighted by Crippen LogP contribution is -2.28. The second kappa shape index (κ2) is 7.82. The SMILES string of the molecule is CCCCCCCC(NN)c1ccsc1C. The van der Waals surface area contributed by atoms with E-state index < -0.39 is 0 Å². The molecule has 1 aromatic heterocycles. The Balaban J connectivity index is 2.30. The van der Waals surface area contributed by atoms with Crippen LogP contribution in [-0.4, -0.2) is 0 Å². The van der Waals surface area contributed by atoms with E-state index in [1.54, 1.807) is 11.3 Å². The zero-order valence-corrected chi connectivity index (χ0v) is 11.3. The van der Waals surface area contributed by atoms with Crippen molar-refractivity contribution in [2.45, 2.75) is 58.4 Å². The molecule has 1 aromatic rings. The van der Waals surface area contributed by atoms with Gasteiger partial charge in [0.25, 0.3) is 0 Å². The molecule has 1 rings (SSSR count). The maximum atomic E-state index is 5.63. The highest BCUT2D eigenvalue weighted by Gasteiger charge is 2.12. The third-order valence-electron chi connectivity index (χ3n) is 3.07. The third kappa shape index (κ3) is 4.24. The normalized spacial score (nSPS) is 12.9. The summed E-state index contributed by atoms with van der Waals surface area (Å²) in [7, 11) is 0. The number of hydrogen-bond acceptors (Lipinski definition) is 3. The van der Waals surface area contributed by atoms with Crippen molar-refractivity contribution in [1.82, 2.24) is 5.43 Å². The summed E-state index contributed by atoms with van der Waals surface area (Å²) in [6.45, 7) is 4.42. The van der Waals surface area contributed by atoms with E-state index in [1.165, 1.54) is 42.5 Å². The summed E-state index contributed by atoms with van der Waals surface area (Å²) in [5.41, 5.74) is 4.32. The van der Waals surface area contributed by atoms with E-state index in [4.69, 9.17) is 5.84 Å². The Morgan fingerprint density at radius 1 is 1.31 bits per heavy atom. The van der Waals surface area contributed by atoms with E-state index in [9.17, 15) is 0 Å². The summed E-state index contributed by atoms with van der Waals surface area (Å²) in [6, 6.07) is 2.53. The van der Waals surface area contributed by atoms with Crippen LogP contribution in [0.1, 0.15) is 61.9 Å². The van der Waals surface area contributed by atoms with Gasteiger partial charge in [-0.3, -0.25) is 11.3 Å². The average Bonchev–Trinajstić information content (AvgIpc) is 2.70. The number of thiophene rings is 1. The largest absolute Gasteiger partial charge is 0.271 e. The molecule has 0 aromatic carbocycles. The van der Waals surface area contributed by atoms with E-state index in [1.807, 2.05) is 0 Å². The number of hydrazine groups is 1. The first-order chi connectivity index (χ1) is 7.79. The molecule has 16 heavy (non-hydrogen) atoms. The molecular weight excluding hydrogens is 216 g/mol. The lowest BCUT2D eigenvalue weighted by molar-refractivity contribution is 0.478. The van der Waals surface area contributed by atoms with E-state index in [-0.39, 0.29) is 0 Å². The fourth-order valence-corrected chi connectivity index (χ4v) is 2.80. The minimum Gasteiger partial charge on any atom is -0.271 e. The van der Waals surface area contributed by atoms with Gasteiger partial charge in [0.1, 0.15) is 0 Å². The van der Waals surface area contributed by atoms with Crippen molar-refractivity contribution in [2.75, 3.05) is 0 Å². The van der Waals surface area contributed by atoms with Gasteiger partial charge in [-0.2, -0.15) is 0 Å². The van der Waals surface area contributed by atoms with E-state index >= 15 is 0 Å². The number of hydrogen-bond donors (Lipinski definition) is 2. The minimum atomic E-state index is 0.341. The Hall–Kier alpha value is -0.380. The molecule has 3 N–H and O–H groups in total. The van der Waals surface area contributed by atoms with Crippen molar-refractivity contribution in [1.29, 1.82) is 0 Å². The predicted octanol–water partition coefficient (Wildman–Crippen LogP) is 3.92. The Morgan fingerprint density at radius 3 is 2.62 bits per heavy atom. The maximum absolute atomic E-state index is 5.63. The number of unbranched alkanes of at least 4 members (excludes halogenated alkanes) is 4. The highest BCUT2D eigenvalue weighted by atomic mass is 32.1. The highest BCUT2D eigenvalue weighted by Crippen LogP contribution is 2.26. The standard InChI is InChI=1S/C13H24N2S/c1-3-4-5-6-7-8-13(15-14)12-9-10-16-11(12)2/h9-10,13,15H,3-8,14H2,1-2H3. The highest BCUT2D eigenvalue weighted by molar-refractivity contribution is 7.10. The van der Waals surface area contributed by atoms with Crippen LogP contribution in [-0.2, 0) is 0 Å². The van der Waals surface area contributed by atoms with Crippen LogP contribution < -0.4 is 11.3 Å². The molecule has 2 nitrogen and oxygen atoms in total. The molecule has 0 aliphatic heterocycles. The van der Waals surface area contributed by atoms with Crippen molar-refractivity contribution in [3.63, 3.8) is 0 Å². The van der Waals surface area contributed by atoms with Crippen LogP contribution in [0.25, 0.3) is 0 Å². The Bertz CT molecular complexity index is 283. The molecule has 0 bridgehead atoms. The zero-order valence-electron chi connectivity index (χ0n) is 10.5.